The molecule has 9 nitrogen and oxygen atoms in total. The molecule has 1 aromatic heterocycles. The van der Waals surface area contributed by atoms with Crippen LogP contribution < -0.4 is 9.64 Å². The van der Waals surface area contributed by atoms with Gasteiger partial charge in [0.1, 0.15) is 11.9 Å². The fraction of sp³-hybridized carbons (Fsp3) is 0.455. The van der Waals surface area contributed by atoms with E-state index in [0.29, 0.717) is 53.7 Å². The lowest BCUT2D eigenvalue weighted by Gasteiger charge is -2.31. The molecule has 2 aliphatic heterocycles. The lowest BCUT2D eigenvalue weighted by atomic mass is 9.80. The monoisotopic (exact) mass is 680 g/mol. The summed E-state index contributed by atoms with van der Waals surface area (Å²) in [6.07, 6.45) is -9.91. The van der Waals surface area contributed by atoms with Crippen molar-refractivity contribution in [3.05, 3.63) is 70.5 Å². The minimum absolute atomic E-state index is 0.0289. The van der Waals surface area contributed by atoms with Crippen molar-refractivity contribution in [3.63, 3.8) is 0 Å². The van der Waals surface area contributed by atoms with Crippen LogP contribution >= 0.6 is 0 Å². The number of rotatable bonds is 9. The average molecular weight is 681 g/mol. The van der Waals surface area contributed by atoms with E-state index in [-0.39, 0.29) is 19.0 Å². The number of benzene rings is 2. The first-order valence-electron chi connectivity index (χ1n) is 15.1. The molecule has 15 heteroatoms. The number of nitrogens with zero attached hydrogens (tertiary/aromatic N) is 4. The van der Waals surface area contributed by atoms with Gasteiger partial charge < -0.3 is 19.1 Å². The number of ether oxygens (including phenoxy) is 3. The fourth-order valence-corrected chi connectivity index (χ4v) is 5.76. The average Bonchev–Trinajstić information content (AvgIpc) is 3.27. The molecule has 2 atom stereocenters. The summed E-state index contributed by atoms with van der Waals surface area (Å²) < 4.78 is 97.6. The Balaban J connectivity index is 1.56. The number of aromatic nitrogens is 2. The van der Waals surface area contributed by atoms with Crippen molar-refractivity contribution in [2.45, 2.75) is 70.1 Å². The number of esters is 1. The number of halogens is 6. The summed E-state index contributed by atoms with van der Waals surface area (Å²) >= 11 is 0. The molecule has 0 spiro atoms. The van der Waals surface area contributed by atoms with Gasteiger partial charge in [0.2, 0.25) is 5.95 Å². The largest absolute Gasteiger partial charge is 0.496 e. The molecule has 258 valence electrons. The number of carbonyl (C=O) groups excluding carboxylic acids is 2. The minimum atomic E-state index is -5.07. The normalized spacial score (nSPS) is 18.4. The Morgan fingerprint density at radius 3 is 2.15 bits per heavy atom. The third-order valence-electron chi connectivity index (χ3n) is 8.73. The topological polar surface area (TPSA) is 94.1 Å². The molecule has 0 aliphatic carbocycles. The quantitative estimate of drug-likeness (QED) is 0.172. The molecule has 3 heterocycles. The first-order valence-corrected chi connectivity index (χ1v) is 15.1. The van der Waals surface area contributed by atoms with Crippen LogP contribution in [0.25, 0.3) is 11.1 Å². The van der Waals surface area contributed by atoms with Crippen molar-refractivity contribution in [2.24, 2.45) is 0 Å². The van der Waals surface area contributed by atoms with E-state index in [2.05, 4.69) is 4.98 Å². The van der Waals surface area contributed by atoms with Gasteiger partial charge >= 0.3 is 24.4 Å². The number of methoxy groups -OCH3 is 2. The van der Waals surface area contributed by atoms with Gasteiger partial charge in [0, 0.05) is 35.8 Å². The summed E-state index contributed by atoms with van der Waals surface area (Å²) in [5.41, 5.74) is -1.99. The Kier molecular flexibility index (Phi) is 9.28. The second-order valence-electron chi connectivity index (χ2n) is 12.4. The van der Waals surface area contributed by atoms with Gasteiger partial charge in [-0.05, 0) is 54.8 Å². The van der Waals surface area contributed by atoms with E-state index in [9.17, 15) is 35.9 Å². The maximum Gasteiger partial charge on any atom is 0.416 e. The number of hydrogen-bond donors (Lipinski definition) is 0. The fourth-order valence-electron chi connectivity index (χ4n) is 5.76. The second-order valence-corrected chi connectivity index (χ2v) is 12.4. The molecule has 0 bridgehead atoms. The Morgan fingerprint density at radius 2 is 1.60 bits per heavy atom. The SMILES string of the molecule is COC(=O)CC(C)(C)c1ccc(OC)c(-c2cnc(N3CCC3)nc2CN2C(=O)O[C@H](c3cc(C(F)(F)F)cc(C(F)(F)F)c3)[C@@H]2C)c1. The first-order chi connectivity index (χ1) is 22.4. The molecule has 5 rings (SSSR count). The highest BCUT2D eigenvalue weighted by atomic mass is 19.4. The van der Waals surface area contributed by atoms with Crippen LogP contribution in [0.4, 0.5) is 37.1 Å². The Morgan fingerprint density at radius 1 is 0.958 bits per heavy atom. The van der Waals surface area contributed by atoms with Gasteiger partial charge in [-0.25, -0.2) is 14.8 Å². The van der Waals surface area contributed by atoms with Crippen LogP contribution in [-0.4, -0.2) is 60.3 Å². The van der Waals surface area contributed by atoms with Gasteiger partial charge in [-0.15, -0.1) is 0 Å². The van der Waals surface area contributed by atoms with Gasteiger partial charge in [0.15, 0.2) is 0 Å². The molecule has 3 aromatic rings. The smallest absolute Gasteiger partial charge is 0.416 e. The Labute approximate surface area is 272 Å². The lowest BCUT2D eigenvalue weighted by Crippen LogP contribution is -2.39. The van der Waals surface area contributed by atoms with Gasteiger partial charge in [-0.1, -0.05) is 19.9 Å². The van der Waals surface area contributed by atoms with Gasteiger partial charge in [-0.2, -0.15) is 26.3 Å². The van der Waals surface area contributed by atoms with E-state index >= 15 is 0 Å². The summed E-state index contributed by atoms with van der Waals surface area (Å²) in [4.78, 5) is 37.8. The van der Waals surface area contributed by atoms with Crippen LogP contribution in [0, 0.1) is 0 Å². The van der Waals surface area contributed by atoms with Crippen LogP contribution in [-0.2, 0) is 38.6 Å². The van der Waals surface area contributed by atoms with Crippen LogP contribution in [0.3, 0.4) is 0 Å². The maximum absolute atomic E-state index is 13.6. The number of amides is 1. The molecule has 1 amide bonds. The van der Waals surface area contributed by atoms with Crippen LogP contribution in [0.2, 0.25) is 0 Å². The summed E-state index contributed by atoms with van der Waals surface area (Å²) in [6, 6.07) is 5.55. The van der Waals surface area contributed by atoms with Crippen LogP contribution in [0.1, 0.15) is 67.7 Å². The zero-order chi connectivity index (χ0) is 35.2. The van der Waals surface area contributed by atoms with Gasteiger partial charge in [0.05, 0.1) is 50.0 Å². The molecular weight excluding hydrogens is 646 g/mol. The molecule has 0 N–H and O–H groups in total. The zero-order valence-corrected chi connectivity index (χ0v) is 26.8. The van der Waals surface area contributed by atoms with Crippen LogP contribution in [0.15, 0.2) is 42.6 Å². The Hall–Kier alpha value is -4.56. The highest BCUT2D eigenvalue weighted by Crippen LogP contribution is 2.43. The highest BCUT2D eigenvalue weighted by molar-refractivity contribution is 5.76. The minimum Gasteiger partial charge on any atom is -0.496 e. The molecule has 2 aliphatic rings. The maximum atomic E-state index is 13.6. The van der Waals surface area contributed by atoms with Crippen molar-refractivity contribution in [1.29, 1.82) is 0 Å². The van der Waals surface area contributed by atoms with E-state index < -0.39 is 58.7 Å². The van der Waals surface area contributed by atoms with Gasteiger partial charge in [-0.3, -0.25) is 9.69 Å². The van der Waals surface area contributed by atoms with Crippen molar-refractivity contribution in [3.8, 4) is 16.9 Å². The van der Waals surface area contributed by atoms with E-state index in [0.717, 1.165) is 12.0 Å². The Bertz CT molecular complexity index is 1670. The van der Waals surface area contributed by atoms with E-state index in [1.54, 1.807) is 12.3 Å². The zero-order valence-electron chi connectivity index (χ0n) is 26.8. The predicted molar refractivity (Wildman–Crippen MR) is 161 cm³/mol. The summed E-state index contributed by atoms with van der Waals surface area (Å²) in [6.45, 7) is 6.44. The number of carbonyl (C=O) groups is 2. The van der Waals surface area contributed by atoms with Crippen LogP contribution in [0.5, 0.6) is 5.75 Å². The molecule has 0 radical (unpaired) electrons. The standard InChI is InChI=1S/C33H34F6N4O5/c1-18-28(19-11-21(32(34,35)36)13-22(12-19)33(37,38)39)48-30(45)43(18)17-25-24(16-40-29(41-25)42-9-6-10-42)23-14-20(7-8-26(23)46-4)31(2,3)15-27(44)47-5/h7-8,11-14,16,18,28H,6,9-10,15,17H2,1-5H3/t18-,28-/m0/s1. The molecule has 0 unspecified atom stereocenters. The molecule has 0 saturated carbocycles. The van der Waals surface area contributed by atoms with Crippen molar-refractivity contribution in [1.82, 2.24) is 14.9 Å². The third kappa shape index (κ3) is 6.99. The van der Waals surface area contributed by atoms with E-state index in [1.807, 2.05) is 30.9 Å². The number of hydrogen-bond acceptors (Lipinski definition) is 8. The first kappa shape index (κ1) is 34.8. The predicted octanol–water partition coefficient (Wildman–Crippen LogP) is 7.32. The molecule has 2 fully saturated rings. The molecular formula is C33H34F6N4O5. The summed E-state index contributed by atoms with van der Waals surface area (Å²) in [5, 5.41) is 0. The molecule has 2 saturated heterocycles. The third-order valence-corrected chi connectivity index (χ3v) is 8.73. The molecule has 48 heavy (non-hydrogen) atoms. The number of alkyl halides is 6. The molecule has 2 aromatic carbocycles. The van der Waals surface area contributed by atoms with Crippen molar-refractivity contribution in [2.75, 3.05) is 32.2 Å². The number of anilines is 1. The highest BCUT2D eigenvalue weighted by Gasteiger charge is 2.44. The number of cyclic esters (lactones) is 1. The second kappa shape index (κ2) is 12.8. The lowest BCUT2D eigenvalue weighted by molar-refractivity contribution is -0.144. The van der Waals surface area contributed by atoms with Crippen molar-refractivity contribution >= 4 is 18.0 Å². The summed E-state index contributed by atoms with van der Waals surface area (Å²) in [5.74, 6) is 0.429. The van der Waals surface area contributed by atoms with Crippen molar-refractivity contribution < 1.29 is 50.1 Å². The van der Waals surface area contributed by atoms with E-state index in [4.69, 9.17) is 19.2 Å². The summed E-state index contributed by atoms with van der Waals surface area (Å²) in [7, 11) is 2.78. The van der Waals surface area contributed by atoms with Gasteiger partial charge in [0.25, 0.3) is 0 Å². The van der Waals surface area contributed by atoms with E-state index in [1.165, 1.54) is 26.0 Å².